The normalized spacial score (nSPS) is 13.2. The van der Waals surface area contributed by atoms with E-state index in [2.05, 4.69) is 25.7 Å². The number of imidazole rings is 1. The summed E-state index contributed by atoms with van der Waals surface area (Å²) >= 11 is 8.05. The van der Waals surface area contributed by atoms with Crippen molar-refractivity contribution in [3.05, 3.63) is 45.7 Å². The van der Waals surface area contributed by atoms with Gasteiger partial charge in [0.05, 0.1) is 28.5 Å². The van der Waals surface area contributed by atoms with E-state index in [1.807, 2.05) is 16.7 Å². The van der Waals surface area contributed by atoms with Gasteiger partial charge in [-0.1, -0.05) is 31.5 Å². The van der Waals surface area contributed by atoms with Crippen LogP contribution in [0.5, 0.6) is 0 Å². The molecule has 1 aliphatic heterocycles. The Labute approximate surface area is 186 Å². The highest BCUT2D eigenvalue weighted by molar-refractivity contribution is 7.15. The fourth-order valence-electron chi connectivity index (χ4n) is 3.97. The number of carbonyl (C=O) groups is 1. The van der Waals surface area contributed by atoms with E-state index in [0.717, 1.165) is 53.8 Å². The van der Waals surface area contributed by atoms with Gasteiger partial charge in [-0.25, -0.2) is 9.97 Å². The minimum Gasteiger partial charge on any atom is -0.356 e. The van der Waals surface area contributed by atoms with Gasteiger partial charge in [0.15, 0.2) is 0 Å². The molecule has 0 N–H and O–H groups in total. The number of anilines is 1. The molecule has 30 heavy (non-hydrogen) atoms. The number of carbonyl (C=O) groups excluding carboxylic acids is 1. The van der Waals surface area contributed by atoms with Gasteiger partial charge in [0, 0.05) is 25.0 Å². The van der Waals surface area contributed by atoms with Gasteiger partial charge in [0.2, 0.25) is 0 Å². The van der Waals surface area contributed by atoms with E-state index in [1.54, 1.807) is 35.7 Å². The van der Waals surface area contributed by atoms with Gasteiger partial charge in [0.1, 0.15) is 22.8 Å². The number of hydrogen-bond acceptors (Lipinski definition) is 5. The number of benzene rings is 1. The molecule has 3 heterocycles. The van der Waals surface area contributed by atoms with E-state index < -0.39 is 0 Å². The van der Waals surface area contributed by atoms with Crippen molar-refractivity contribution in [2.45, 2.75) is 40.2 Å². The minimum absolute atomic E-state index is 0.0849. The Hall–Kier alpha value is -2.38. The topological polar surface area (TPSA) is 54.3 Å². The van der Waals surface area contributed by atoms with E-state index in [9.17, 15) is 4.79 Å². The van der Waals surface area contributed by atoms with Crippen molar-refractivity contribution in [3.63, 3.8) is 0 Å². The maximum Gasteiger partial charge on any atom is 0.257 e. The Morgan fingerprint density at radius 1 is 1.23 bits per heavy atom. The molecule has 0 atom stereocenters. The third-order valence-electron chi connectivity index (χ3n) is 5.33. The van der Waals surface area contributed by atoms with Crippen LogP contribution >= 0.6 is 22.9 Å². The summed E-state index contributed by atoms with van der Waals surface area (Å²) in [6.07, 6.45) is 3.94. The smallest absolute Gasteiger partial charge is 0.257 e. The molecule has 0 fully saturated rings. The number of thiazole rings is 1. The van der Waals surface area contributed by atoms with Gasteiger partial charge >= 0.3 is 0 Å². The van der Waals surface area contributed by atoms with E-state index >= 15 is 0 Å². The molecular weight excluding hydrogens is 418 g/mol. The van der Waals surface area contributed by atoms with Crippen LogP contribution in [-0.2, 0) is 6.54 Å². The summed E-state index contributed by atoms with van der Waals surface area (Å²) in [6, 6.07) is 5.53. The van der Waals surface area contributed by atoms with Crippen molar-refractivity contribution in [2.24, 2.45) is 0 Å². The average molecular weight is 444 g/mol. The lowest BCUT2D eigenvalue weighted by atomic mass is 10.1. The van der Waals surface area contributed by atoms with E-state index in [4.69, 9.17) is 21.6 Å². The largest absolute Gasteiger partial charge is 0.356 e. The predicted molar refractivity (Wildman–Crippen MR) is 123 cm³/mol. The lowest BCUT2D eigenvalue weighted by Crippen LogP contribution is -2.26. The quantitative estimate of drug-likeness (QED) is 0.527. The van der Waals surface area contributed by atoms with E-state index in [-0.39, 0.29) is 5.91 Å². The number of fused-ring (bicyclic) bond motifs is 3. The molecule has 6 nitrogen and oxygen atoms in total. The van der Waals surface area contributed by atoms with Crippen LogP contribution in [0.25, 0.3) is 16.4 Å². The Bertz CT molecular complexity index is 1080. The zero-order valence-electron chi connectivity index (χ0n) is 17.8. The van der Waals surface area contributed by atoms with Gasteiger partial charge in [-0.15, -0.1) is 11.3 Å². The molecular formula is C22H26ClN5OS. The Morgan fingerprint density at radius 2 is 1.97 bits per heavy atom. The van der Waals surface area contributed by atoms with Crippen LogP contribution in [0.3, 0.4) is 0 Å². The van der Waals surface area contributed by atoms with Crippen molar-refractivity contribution in [1.82, 2.24) is 19.4 Å². The Kier molecular flexibility index (Phi) is 5.84. The first-order valence-corrected chi connectivity index (χ1v) is 11.5. The maximum atomic E-state index is 13.0. The molecule has 0 unspecified atom stereocenters. The second kappa shape index (κ2) is 8.40. The Morgan fingerprint density at radius 3 is 2.67 bits per heavy atom. The molecule has 0 spiro atoms. The number of halogens is 1. The summed E-state index contributed by atoms with van der Waals surface area (Å²) in [6.45, 7) is 8.92. The van der Waals surface area contributed by atoms with Crippen LogP contribution in [0.1, 0.15) is 47.6 Å². The number of amides is 1. The highest BCUT2D eigenvalue weighted by atomic mass is 35.5. The molecule has 4 rings (SSSR count). The van der Waals surface area contributed by atoms with Crippen LogP contribution in [0.2, 0.25) is 5.02 Å². The molecule has 0 saturated heterocycles. The van der Waals surface area contributed by atoms with Crippen LogP contribution in [0.4, 0.5) is 5.82 Å². The summed E-state index contributed by atoms with van der Waals surface area (Å²) in [4.78, 5) is 27.9. The first-order valence-electron chi connectivity index (χ1n) is 10.3. The molecule has 0 aliphatic carbocycles. The highest BCUT2D eigenvalue weighted by Gasteiger charge is 2.29. The van der Waals surface area contributed by atoms with Crippen molar-refractivity contribution >= 4 is 34.7 Å². The molecule has 0 saturated carbocycles. The number of nitrogens with zero attached hydrogens (tertiary/aromatic N) is 5. The standard InChI is InChI=1S/C22H26ClN5OS/c1-5-10-27(11-6-2)20-14(3)30-21(25-20)19-17-12-26(4)22(29)18-15(23)8-7-9-16(18)28(17)13-24-19/h7-9,13H,5-6,10-12H2,1-4H3. The van der Waals surface area contributed by atoms with Crippen LogP contribution in [0, 0.1) is 6.92 Å². The van der Waals surface area contributed by atoms with Gasteiger partial charge in [-0.2, -0.15) is 0 Å². The summed E-state index contributed by atoms with van der Waals surface area (Å²) in [5.41, 5.74) is 3.05. The second-order valence-corrected chi connectivity index (χ2v) is 9.20. The van der Waals surface area contributed by atoms with Gasteiger partial charge in [-0.3, -0.25) is 9.36 Å². The van der Waals surface area contributed by atoms with Crippen molar-refractivity contribution in [3.8, 4) is 16.4 Å². The third-order valence-corrected chi connectivity index (χ3v) is 6.61. The molecule has 158 valence electrons. The van der Waals surface area contributed by atoms with Crippen molar-refractivity contribution in [1.29, 1.82) is 0 Å². The second-order valence-electron chi connectivity index (χ2n) is 7.59. The van der Waals surface area contributed by atoms with Gasteiger partial charge in [0.25, 0.3) is 5.91 Å². The van der Waals surface area contributed by atoms with E-state index in [0.29, 0.717) is 17.1 Å². The van der Waals surface area contributed by atoms with Crippen molar-refractivity contribution in [2.75, 3.05) is 25.0 Å². The van der Waals surface area contributed by atoms with Crippen LogP contribution < -0.4 is 4.90 Å². The fourth-order valence-corrected chi connectivity index (χ4v) is 5.18. The molecule has 1 aromatic carbocycles. The number of aryl methyl sites for hydroxylation is 1. The molecule has 8 heteroatoms. The van der Waals surface area contributed by atoms with Gasteiger partial charge < -0.3 is 9.80 Å². The van der Waals surface area contributed by atoms with Crippen LogP contribution in [-0.4, -0.2) is 45.5 Å². The monoisotopic (exact) mass is 443 g/mol. The summed E-state index contributed by atoms with van der Waals surface area (Å²) in [5.74, 6) is 0.959. The van der Waals surface area contributed by atoms with Gasteiger partial charge in [-0.05, 0) is 31.9 Å². The zero-order valence-corrected chi connectivity index (χ0v) is 19.3. The SMILES string of the molecule is CCCN(CCC)c1nc(-c2ncn3c2CN(C)C(=O)c2c(Cl)cccc2-3)sc1C. The lowest BCUT2D eigenvalue weighted by molar-refractivity contribution is 0.0788. The average Bonchev–Trinajstić information content (AvgIpc) is 3.27. The summed E-state index contributed by atoms with van der Waals surface area (Å²) in [5, 5.41) is 1.34. The molecule has 0 radical (unpaired) electrons. The number of aromatic nitrogens is 3. The summed E-state index contributed by atoms with van der Waals surface area (Å²) < 4.78 is 1.98. The fraction of sp³-hybridized carbons (Fsp3) is 0.409. The third kappa shape index (κ3) is 3.50. The lowest BCUT2D eigenvalue weighted by Gasteiger charge is -2.21. The molecule has 0 bridgehead atoms. The zero-order chi connectivity index (χ0) is 21.4. The molecule has 2 aromatic heterocycles. The van der Waals surface area contributed by atoms with E-state index in [1.165, 1.54) is 4.88 Å². The maximum absolute atomic E-state index is 13.0. The highest BCUT2D eigenvalue weighted by Crippen LogP contribution is 2.37. The first-order chi connectivity index (χ1) is 14.5. The molecule has 3 aromatic rings. The first kappa shape index (κ1) is 20.9. The minimum atomic E-state index is -0.0849. The predicted octanol–water partition coefficient (Wildman–Crippen LogP) is 5.17. The summed E-state index contributed by atoms with van der Waals surface area (Å²) in [7, 11) is 1.80. The van der Waals surface area contributed by atoms with Crippen molar-refractivity contribution < 1.29 is 4.79 Å². The Balaban J connectivity index is 1.82. The molecule has 1 aliphatic rings. The molecule has 1 amide bonds. The number of rotatable bonds is 6. The van der Waals surface area contributed by atoms with Crippen LogP contribution in [0.15, 0.2) is 24.5 Å². The number of hydrogen-bond donors (Lipinski definition) is 0.